The Morgan fingerprint density at radius 3 is 2.48 bits per heavy atom. The second kappa shape index (κ2) is 6.04. The molecule has 5 nitrogen and oxygen atoms in total. The topological polar surface area (TPSA) is 64.6 Å². The van der Waals surface area contributed by atoms with Crippen molar-refractivity contribution < 1.29 is 17.9 Å². The lowest BCUT2D eigenvalue weighted by molar-refractivity contribution is -0.0853. The zero-order chi connectivity index (χ0) is 15.7. The smallest absolute Gasteiger partial charge is 0.216 e. The van der Waals surface area contributed by atoms with Crippen LogP contribution in [0.25, 0.3) is 0 Å². The van der Waals surface area contributed by atoms with E-state index in [1.54, 1.807) is 0 Å². The van der Waals surface area contributed by atoms with Crippen molar-refractivity contribution in [2.75, 3.05) is 20.0 Å². The number of hydrogen-bond acceptors (Lipinski definition) is 4. The van der Waals surface area contributed by atoms with Crippen LogP contribution in [0.1, 0.15) is 25.0 Å². The number of fused-ring (bicyclic) bond motifs is 1. The summed E-state index contributed by atoms with van der Waals surface area (Å²) in [6.45, 7) is 4.13. The molecular weight excluding hydrogens is 290 g/mol. The quantitative estimate of drug-likeness (QED) is 0.807. The Bertz CT molecular complexity index is 593. The standard InChI is InChI=1S/C15H23NO4S/c1-15(2)12-8-6-5-7-11(12)9-13(15)16-21(17,18)10-14(19-3)20-4/h5-8,13-14,16H,9-10H2,1-4H3. The van der Waals surface area contributed by atoms with E-state index >= 15 is 0 Å². The van der Waals surface area contributed by atoms with Crippen molar-refractivity contribution in [2.24, 2.45) is 0 Å². The summed E-state index contributed by atoms with van der Waals surface area (Å²) in [5.74, 6) is -0.205. The highest BCUT2D eigenvalue weighted by atomic mass is 32.2. The Morgan fingerprint density at radius 1 is 1.29 bits per heavy atom. The first-order valence-corrected chi connectivity index (χ1v) is 8.59. The minimum atomic E-state index is -3.48. The summed E-state index contributed by atoms with van der Waals surface area (Å²) < 4.78 is 37.3. The monoisotopic (exact) mass is 313 g/mol. The zero-order valence-electron chi connectivity index (χ0n) is 12.9. The van der Waals surface area contributed by atoms with Gasteiger partial charge in [0.1, 0.15) is 5.75 Å². The lowest BCUT2D eigenvalue weighted by Crippen LogP contribution is -2.47. The second-order valence-electron chi connectivity index (χ2n) is 5.94. The molecule has 1 N–H and O–H groups in total. The Morgan fingerprint density at radius 2 is 1.90 bits per heavy atom. The molecule has 0 saturated carbocycles. The van der Waals surface area contributed by atoms with E-state index in [9.17, 15) is 8.42 Å². The third kappa shape index (κ3) is 3.45. The van der Waals surface area contributed by atoms with Gasteiger partial charge in [-0.15, -0.1) is 0 Å². The average molecular weight is 313 g/mol. The Labute approximate surface area is 126 Å². The van der Waals surface area contributed by atoms with Gasteiger partial charge in [0.15, 0.2) is 6.29 Å². The van der Waals surface area contributed by atoms with Crippen LogP contribution in [-0.2, 0) is 31.3 Å². The Kier molecular flexibility index (Phi) is 4.72. The van der Waals surface area contributed by atoms with Gasteiger partial charge in [-0.25, -0.2) is 13.1 Å². The van der Waals surface area contributed by atoms with Gasteiger partial charge in [-0.1, -0.05) is 38.1 Å². The molecule has 0 bridgehead atoms. The summed E-state index contributed by atoms with van der Waals surface area (Å²) >= 11 is 0. The molecule has 0 spiro atoms. The van der Waals surface area contributed by atoms with Crippen LogP contribution in [0.4, 0.5) is 0 Å². The number of methoxy groups -OCH3 is 2. The molecule has 0 radical (unpaired) electrons. The molecule has 6 heteroatoms. The number of hydrogen-bond donors (Lipinski definition) is 1. The van der Waals surface area contributed by atoms with E-state index in [0.717, 1.165) is 0 Å². The predicted octanol–water partition coefficient (Wildman–Crippen LogP) is 1.43. The Hall–Kier alpha value is -0.950. The second-order valence-corrected chi connectivity index (χ2v) is 7.73. The first-order valence-electron chi connectivity index (χ1n) is 6.94. The molecule has 0 fully saturated rings. The molecule has 0 aliphatic heterocycles. The predicted molar refractivity (Wildman–Crippen MR) is 81.7 cm³/mol. The van der Waals surface area contributed by atoms with Crippen molar-refractivity contribution in [3.8, 4) is 0 Å². The van der Waals surface area contributed by atoms with Gasteiger partial charge >= 0.3 is 0 Å². The molecule has 1 atom stereocenters. The highest BCUT2D eigenvalue weighted by Crippen LogP contribution is 2.38. The van der Waals surface area contributed by atoms with Crippen LogP contribution in [0.2, 0.25) is 0 Å². The molecule has 2 rings (SSSR count). The summed E-state index contributed by atoms with van der Waals surface area (Å²) in [6, 6.07) is 7.94. The minimum Gasteiger partial charge on any atom is -0.355 e. The molecule has 1 aliphatic rings. The van der Waals surface area contributed by atoms with E-state index in [4.69, 9.17) is 9.47 Å². The van der Waals surface area contributed by atoms with E-state index in [1.807, 2.05) is 12.1 Å². The highest BCUT2D eigenvalue weighted by molar-refractivity contribution is 7.89. The fourth-order valence-electron chi connectivity index (χ4n) is 2.85. The van der Waals surface area contributed by atoms with Gasteiger partial charge in [-0.2, -0.15) is 0 Å². The largest absolute Gasteiger partial charge is 0.355 e. The van der Waals surface area contributed by atoms with Gasteiger partial charge in [-0.05, 0) is 17.5 Å². The molecule has 1 aromatic rings. The summed E-state index contributed by atoms with van der Waals surface area (Å²) in [4.78, 5) is 0. The van der Waals surface area contributed by atoms with Crippen molar-refractivity contribution in [2.45, 2.75) is 38.0 Å². The van der Waals surface area contributed by atoms with E-state index in [-0.39, 0.29) is 17.2 Å². The van der Waals surface area contributed by atoms with Crippen molar-refractivity contribution in [3.63, 3.8) is 0 Å². The van der Waals surface area contributed by atoms with Crippen molar-refractivity contribution in [1.82, 2.24) is 4.72 Å². The van der Waals surface area contributed by atoms with E-state index < -0.39 is 16.3 Å². The Balaban J connectivity index is 2.15. The lowest BCUT2D eigenvalue weighted by atomic mass is 9.83. The van der Waals surface area contributed by atoms with Crippen LogP contribution >= 0.6 is 0 Å². The molecular formula is C15H23NO4S. The maximum absolute atomic E-state index is 12.3. The van der Waals surface area contributed by atoms with Crippen LogP contribution in [0.15, 0.2) is 24.3 Å². The SMILES string of the molecule is COC(CS(=O)(=O)NC1Cc2ccccc2C1(C)C)OC. The van der Waals surface area contributed by atoms with Crippen molar-refractivity contribution in [3.05, 3.63) is 35.4 Å². The normalized spacial score (nSPS) is 20.7. The number of ether oxygens (including phenoxy) is 2. The summed E-state index contributed by atoms with van der Waals surface area (Å²) in [5.41, 5.74) is 2.16. The van der Waals surface area contributed by atoms with Gasteiger partial charge in [0, 0.05) is 25.7 Å². The van der Waals surface area contributed by atoms with Gasteiger partial charge in [-0.3, -0.25) is 0 Å². The zero-order valence-corrected chi connectivity index (χ0v) is 13.7. The van der Waals surface area contributed by atoms with Crippen LogP contribution in [0, 0.1) is 0 Å². The van der Waals surface area contributed by atoms with Crippen LogP contribution in [0.5, 0.6) is 0 Å². The summed E-state index contributed by atoms with van der Waals surface area (Å²) in [5, 5.41) is 0. The van der Waals surface area contributed by atoms with Gasteiger partial charge in [0.25, 0.3) is 0 Å². The molecule has 118 valence electrons. The van der Waals surface area contributed by atoms with E-state index in [0.29, 0.717) is 6.42 Å². The third-order valence-corrected chi connectivity index (χ3v) is 5.56. The molecule has 21 heavy (non-hydrogen) atoms. The minimum absolute atomic E-state index is 0.158. The average Bonchev–Trinajstić information content (AvgIpc) is 2.67. The number of nitrogens with one attached hydrogen (secondary N) is 1. The number of benzene rings is 1. The first-order chi connectivity index (χ1) is 9.80. The van der Waals surface area contributed by atoms with Crippen molar-refractivity contribution in [1.29, 1.82) is 0 Å². The van der Waals surface area contributed by atoms with E-state index in [2.05, 4.69) is 30.7 Å². The van der Waals surface area contributed by atoms with Crippen molar-refractivity contribution >= 4 is 10.0 Å². The van der Waals surface area contributed by atoms with Crippen LogP contribution in [0.3, 0.4) is 0 Å². The maximum Gasteiger partial charge on any atom is 0.216 e. The molecule has 0 saturated heterocycles. The molecule has 0 heterocycles. The molecule has 1 aliphatic carbocycles. The third-order valence-electron chi connectivity index (χ3n) is 4.21. The molecule has 0 amide bonds. The maximum atomic E-state index is 12.3. The van der Waals surface area contributed by atoms with Crippen LogP contribution < -0.4 is 4.72 Å². The number of sulfonamides is 1. The molecule has 0 aromatic heterocycles. The first kappa shape index (κ1) is 16.4. The molecule has 1 aromatic carbocycles. The summed E-state index contributed by atoms with van der Waals surface area (Å²) in [7, 11) is -0.618. The fraction of sp³-hybridized carbons (Fsp3) is 0.600. The van der Waals surface area contributed by atoms with Gasteiger partial charge < -0.3 is 9.47 Å². The van der Waals surface area contributed by atoms with Gasteiger partial charge in [0.05, 0.1) is 0 Å². The highest BCUT2D eigenvalue weighted by Gasteiger charge is 2.41. The lowest BCUT2D eigenvalue weighted by Gasteiger charge is -2.29. The van der Waals surface area contributed by atoms with Crippen LogP contribution in [-0.4, -0.2) is 40.7 Å². The van der Waals surface area contributed by atoms with E-state index in [1.165, 1.54) is 25.3 Å². The fourth-order valence-corrected chi connectivity index (χ4v) is 4.39. The summed E-state index contributed by atoms with van der Waals surface area (Å²) in [6.07, 6.45) is -0.0538. The van der Waals surface area contributed by atoms with Gasteiger partial charge in [0.2, 0.25) is 10.0 Å². The molecule has 1 unspecified atom stereocenters. The number of rotatable bonds is 6.